The highest BCUT2D eigenvalue weighted by Crippen LogP contribution is 2.36. The predicted molar refractivity (Wildman–Crippen MR) is 109 cm³/mol. The molecule has 1 amide bonds. The first-order chi connectivity index (χ1) is 14.6. The summed E-state index contributed by atoms with van der Waals surface area (Å²) in [7, 11) is 0. The van der Waals surface area contributed by atoms with E-state index in [1.165, 1.54) is 6.07 Å². The highest BCUT2D eigenvalue weighted by Gasteiger charge is 2.36. The van der Waals surface area contributed by atoms with Crippen molar-refractivity contribution < 1.29 is 9.32 Å². The van der Waals surface area contributed by atoms with E-state index in [2.05, 4.69) is 10.1 Å². The van der Waals surface area contributed by atoms with Gasteiger partial charge in [0.05, 0.1) is 5.69 Å². The van der Waals surface area contributed by atoms with Gasteiger partial charge in [-0.2, -0.15) is 5.16 Å². The summed E-state index contributed by atoms with van der Waals surface area (Å²) in [6.45, 7) is 1.88. The molecular weight excluding hydrogens is 384 g/mol. The van der Waals surface area contributed by atoms with E-state index in [1.54, 1.807) is 12.3 Å². The summed E-state index contributed by atoms with van der Waals surface area (Å²) in [4.78, 5) is 43.0. The Balaban J connectivity index is 1.37. The molecule has 5 heterocycles. The Morgan fingerprint density at radius 1 is 1.17 bits per heavy atom. The minimum absolute atomic E-state index is 0.00915. The number of aromatic amines is 1. The van der Waals surface area contributed by atoms with E-state index in [4.69, 9.17) is 4.52 Å². The number of hydrogen-bond donors (Lipinski definition) is 1. The Kier molecular flexibility index (Phi) is 4.61. The van der Waals surface area contributed by atoms with Crippen molar-refractivity contribution in [2.24, 2.45) is 5.92 Å². The molecule has 1 N–H and O–H groups in total. The van der Waals surface area contributed by atoms with Gasteiger partial charge in [-0.25, -0.2) is 0 Å². The van der Waals surface area contributed by atoms with Gasteiger partial charge in [0.15, 0.2) is 0 Å². The predicted octanol–water partition coefficient (Wildman–Crippen LogP) is 1.77. The smallest absolute Gasteiger partial charge is 0.280 e. The summed E-state index contributed by atoms with van der Waals surface area (Å²) >= 11 is 0. The van der Waals surface area contributed by atoms with Gasteiger partial charge >= 0.3 is 0 Å². The van der Waals surface area contributed by atoms with Crippen molar-refractivity contribution in [1.29, 1.82) is 0 Å². The summed E-state index contributed by atoms with van der Waals surface area (Å²) < 4.78 is 6.90. The normalized spacial score (nSPS) is 20.1. The first-order valence-corrected chi connectivity index (χ1v) is 10.2. The zero-order valence-electron chi connectivity index (χ0n) is 16.4. The Morgan fingerprint density at radius 3 is 2.83 bits per heavy atom. The van der Waals surface area contributed by atoms with Crippen LogP contribution in [-0.2, 0) is 17.8 Å². The molecule has 1 fully saturated rings. The van der Waals surface area contributed by atoms with Crippen molar-refractivity contribution >= 4 is 5.91 Å². The monoisotopic (exact) mass is 406 g/mol. The largest absolute Gasteiger partial charge is 0.384 e. The van der Waals surface area contributed by atoms with Crippen LogP contribution < -0.4 is 11.1 Å². The molecule has 1 saturated heterocycles. The summed E-state index contributed by atoms with van der Waals surface area (Å²) in [6.07, 6.45) is 3.38. The highest BCUT2D eigenvalue weighted by molar-refractivity contribution is 5.76. The second-order valence-corrected chi connectivity index (χ2v) is 8.11. The van der Waals surface area contributed by atoms with Crippen molar-refractivity contribution in [2.75, 3.05) is 13.1 Å². The third-order valence-electron chi connectivity index (χ3n) is 6.03. The molecule has 30 heavy (non-hydrogen) atoms. The molecule has 0 aliphatic carbocycles. The molecule has 0 spiro atoms. The van der Waals surface area contributed by atoms with E-state index in [0.29, 0.717) is 38.2 Å². The number of H-pyrrole nitrogens is 1. The van der Waals surface area contributed by atoms with Crippen LogP contribution in [0.5, 0.6) is 0 Å². The average Bonchev–Trinajstić information content (AvgIpc) is 3.18. The maximum absolute atomic E-state index is 12.8. The lowest BCUT2D eigenvalue weighted by molar-refractivity contribution is -0.134. The molecule has 3 aromatic rings. The number of piperidine rings is 1. The first kappa shape index (κ1) is 18.6. The third-order valence-corrected chi connectivity index (χ3v) is 6.03. The van der Waals surface area contributed by atoms with Crippen LogP contribution >= 0.6 is 0 Å². The lowest BCUT2D eigenvalue weighted by atomic mass is 9.82. The standard InChI is InChI=1S/C22H22N4O4/c27-20-10-17(30-24-20)4-5-21(28)25-11-14-7-16(13-25)19-8-15(9-22(29)26(19)12-14)18-3-1-2-6-23-18/h1-3,6,8-10,14,16H,4-5,7,11-13H2,(H,24,27)/t14-,16+/m0/s1. The van der Waals surface area contributed by atoms with Crippen molar-refractivity contribution in [3.63, 3.8) is 0 Å². The SMILES string of the molecule is O=C(CCc1cc(=O)[nH]o1)N1C[C@@H]2C[C@H](C1)c1cc(-c3ccccn3)cc(=O)n1C2. The number of rotatable bonds is 4. The molecule has 154 valence electrons. The molecular formula is C22H22N4O4. The zero-order chi connectivity index (χ0) is 20.7. The van der Waals surface area contributed by atoms with Crippen molar-refractivity contribution in [2.45, 2.75) is 31.7 Å². The van der Waals surface area contributed by atoms with Crippen LogP contribution in [-0.4, -0.2) is 38.6 Å². The number of hydrogen-bond acceptors (Lipinski definition) is 5. The molecule has 0 aromatic carbocycles. The van der Waals surface area contributed by atoms with E-state index in [0.717, 1.165) is 23.4 Å². The van der Waals surface area contributed by atoms with Crippen molar-refractivity contribution in [3.05, 3.63) is 74.8 Å². The quantitative estimate of drug-likeness (QED) is 0.712. The molecule has 2 atom stereocenters. The van der Waals surface area contributed by atoms with Gasteiger partial charge in [0, 0.05) is 68.0 Å². The van der Waals surface area contributed by atoms with Gasteiger partial charge in [0.25, 0.3) is 11.1 Å². The zero-order valence-corrected chi connectivity index (χ0v) is 16.4. The topological polar surface area (TPSA) is 101 Å². The second-order valence-electron chi connectivity index (χ2n) is 8.11. The van der Waals surface area contributed by atoms with Crippen LogP contribution in [0, 0.1) is 5.92 Å². The number of likely N-dealkylation sites (tertiary alicyclic amines) is 1. The molecule has 8 nitrogen and oxygen atoms in total. The molecule has 0 unspecified atom stereocenters. The van der Waals surface area contributed by atoms with E-state index in [9.17, 15) is 14.4 Å². The first-order valence-electron chi connectivity index (χ1n) is 10.2. The fourth-order valence-corrected chi connectivity index (χ4v) is 4.68. The number of amides is 1. The van der Waals surface area contributed by atoms with Gasteiger partial charge < -0.3 is 14.0 Å². The molecule has 0 saturated carbocycles. The Morgan fingerprint density at radius 2 is 2.07 bits per heavy atom. The average molecular weight is 406 g/mol. The number of nitrogens with zero attached hydrogens (tertiary/aromatic N) is 3. The van der Waals surface area contributed by atoms with Gasteiger partial charge in [-0.1, -0.05) is 6.07 Å². The van der Waals surface area contributed by atoms with Gasteiger partial charge in [0.1, 0.15) is 5.76 Å². The fourth-order valence-electron chi connectivity index (χ4n) is 4.68. The molecule has 5 rings (SSSR count). The Bertz CT molecular complexity index is 1190. The van der Waals surface area contributed by atoms with E-state index >= 15 is 0 Å². The summed E-state index contributed by atoms with van der Waals surface area (Å²) in [5.74, 6) is 0.930. The van der Waals surface area contributed by atoms with Crippen molar-refractivity contribution in [3.8, 4) is 11.3 Å². The summed E-state index contributed by atoms with van der Waals surface area (Å²) in [5.41, 5.74) is 2.27. The number of aromatic nitrogens is 3. The van der Waals surface area contributed by atoms with Crippen LogP contribution in [0.25, 0.3) is 11.3 Å². The van der Waals surface area contributed by atoms with Crippen LogP contribution in [0.15, 0.2) is 56.7 Å². The number of nitrogens with one attached hydrogen (secondary N) is 1. The van der Waals surface area contributed by atoms with Gasteiger partial charge in [0.2, 0.25) is 5.91 Å². The van der Waals surface area contributed by atoms with E-state index in [1.807, 2.05) is 33.7 Å². The molecule has 2 aliphatic heterocycles. The van der Waals surface area contributed by atoms with Crippen LogP contribution in [0.1, 0.15) is 30.2 Å². The second kappa shape index (κ2) is 7.44. The Hall–Kier alpha value is -3.42. The number of aryl methyl sites for hydroxylation is 1. The Labute approximate surface area is 172 Å². The highest BCUT2D eigenvalue weighted by atomic mass is 16.5. The van der Waals surface area contributed by atoms with E-state index < -0.39 is 0 Å². The minimum Gasteiger partial charge on any atom is -0.384 e. The van der Waals surface area contributed by atoms with Gasteiger partial charge in [-0.05, 0) is 30.5 Å². The van der Waals surface area contributed by atoms with Crippen LogP contribution in [0.2, 0.25) is 0 Å². The van der Waals surface area contributed by atoms with E-state index in [-0.39, 0.29) is 28.9 Å². The lowest BCUT2D eigenvalue weighted by Crippen LogP contribution is -2.49. The fraction of sp³-hybridized carbons (Fsp3) is 0.364. The van der Waals surface area contributed by atoms with Crippen LogP contribution in [0.3, 0.4) is 0 Å². The minimum atomic E-state index is -0.296. The summed E-state index contributed by atoms with van der Waals surface area (Å²) in [5, 5.41) is 2.25. The molecule has 0 radical (unpaired) electrons. The number of carbonyl (C=O) groups excluding carboxylic acids is 1. The summed E-state index contributed by atoms with van der Waals surface area (Å²) in [6, 6.07) is 10.7. The molecule has 8 heteroatoms. The van der Waals surface area contributed by atoms with Gasteiger partial charge in [-0.15, -0.1) is 0 Å². The maximum atomic E-state index is 12.8. The number of fused-ring (bicyclic) bond motifs is 4. The number of carbonyl (C=O) groups is 1. The molecule has 3 aromatic heterocycles. The molecule has 2 aliphatic rings. The number of pyridine rings is 2. The lowest BCUT2D eigenvalue weighted by Gasteiger charge is -2.43. The van der Waals surface area contributed by atoms with Crippen LogP contribution in [0.4, 0.5) is 0 Å². The van der Waals surface area contributed by atoms with Gasteiger partial charge in [-0.3, -0.25) is 19.4 Å². The third kappa shape index (κ3) is 3.49. The maximum Gasteiger partial charge on any atom is 0.280 e. The molecule has 2 bridgehead atoms. The van der Waals surface area contributed by atoms with Crippen molar-refractivity contribution in [1.82, 2.24) is 19.6 Å².